The number of ether oxygens (including phenoxy) is 2. The molecule has 9 heteroatoms. The largest absolute Gasteiger partial charge is 0.493 e. The molecule has 176 valence electrons. The first-order chi connectivity index (χ1) is 15.4. The lowest BCUT2D eigenvalue weighted by Gasteiger charge is -2.33. The van der Waals surface area contributed by atoms with Crippen LogP contribution in [0.2, 0.25) is 0 Å². The van der Waals surface area contributed by atoms with Crippen LogP contribution >= 0.6 is 0 Å². The summed E-state index contributed by atoms with van der Waals surface area (Å²) in [6.07, 6.45) is 3.70. The summed E-state index contributed by atoms with van der Waals surface area (Å²) in [4.78, 5) is 19.1. The van der Waals surface area contributed by atoms with Crippen LogP contribution < -0.4 is 14.8 Å². The molecule has 2 aromatic rings. The zero-order chi connectivity index (χ0) is 23.1. The molecule has 8 nitrogen and oxygen atoms in total. The molecule has 0 spiro atoms. The van der Waals surface area contributed by atoms with Crippen LogP contribution in [0.1, 0.15) is 37.6 Å². The first kappa shape index (κ1) is 24.3. The maximum absolute atomic E-state index is 12.5. The number of hydrogen-bond acceptors (Lipinski definition) is 7. The zero-order valence-electron chi connectivity index (χ0n) is 19.3. The molecule has 0 unspecified atom stereocenters. The van der Waals surface area contributed by atoms with E-state index < -0.39 is 10.8 Å². The van der Waals surface area contributed by atoms with Crippen molar-refractivity contribution < 1.29 is 22.9 Å². The molecule has 2 atom stereocenters. The summed E-state index contributed by atoms with van der Waals surface area (Å²) in [7, 11) is 1.77. The van der Waals surface area contributed by atoms with Crippen LogP contribution in [0.3, 0.4) is 0 Å². The van der Waals surface area contributed by atoms with E-state index in [1.807, 2.05) is 6.07 Å². The molecular formula is C23H33N3O5S. The van der Waals surface area contributed by atoms with Crippen LogP contribution in [0.4, 0.5) is 0 Å². The third kappa shape index (κ3) is 6.32. The second-order valence-corrected chi connectivity index (χ2v) is 9.51. The van der Waals surface area contributed by atoms with Crippen LogP contribution in [-0.2, 0) is 21.3 Å². The molecule has 3 rings (SSSR count). The Morgan fingerprint density at radius 2 is 2.06 bits per heavy atom. The number of aryl methyl sites for hydroxylation is 1. The molecule has 0 saturated carbocycles. The van der Waals surface area contributed by atoms with Gasteiger partial charge in [-0.15, -0.1) is 0 Å². The van der Waals surface area contributed by atoms with Crippen LogP contribution in [0.15, 0.2) is 22.6 Å². The van der Waals surface area contributed by atoms with Crippen LogP contribution in [0, 0.1) is 6.92 Å². The molecule has 2 heterocycles. The van der Waals surface area contributed by atoms with E-state index in [0.29, 0.717) is 41.4 Å². The Balaban J connectivity index is 1.52. The summed E-state index contributed by atoms with van der Waals surface area (Å²) in [6, 6.07) is 5.94. The van der Waals surface area contributed by atoms with E-state index in [0.717, 1.165) is 18.7 Å². The van der Waals surface area contributed by atoms with Crippen LogP contribution in [0.25, 0.3) is 11.5 Å². The predicted octanol–water partition coefficient (Wildman–Crippen LogP) is 2.91. The van der Waals surface area contributed by atoms with Gasteiger partial charge in [0.1, 0.15) is 11.5 Å². The van der Waals surface area contributed by atoms with Gasteiger partial charge in [-0.1, -0.05) is 6.42 Å². The number of amides is 1. The average molecular weight is 464 g/mol. The number of piperidine rings is 1. The summed E-state index contributed by atoms with van der Waals surface area (Å²) in [5.41, 5.74) is 1.32. The van der Waals surface area contributed by atoms with Gasteiger partial charge >= 0.3 is 0 Å². The lowest BCUT2D eigenvalue weighted by atomic mass is 10.0. The van der Waals surface area contributed by atoms with Crippen molar-refractivity contribution in [3.63, 3.8) is 0 Å². The maximum atomic E-state index is 12.5. The van der Waals surface area contributed by atoms with Crippen LogP contribution in [0.5, 0.6) is 11.5 Å². The van der Waals surface area contributed by atoms with E-state index >= 15 is 0 Å². The molecule has 0 radical (unpaired) electrons. The number of nitrogens with zero attached hydrogens (tertiary/aromatic N) is 2. The monoisotopic (exact) mass is 463 g/mol. The molecule has 1 amide bonds. The zero-order valence-corrected chi connectivity index (χ0v) is 20.1. The van der Waals surface area contributed by atoms with Crippen molar-refractivity contribution in [3.8, 4) is 23.0 Å². The number of benzene rings is 1. The van der Waals surface area contributed by atoms with Gasteiger partial charge in [-0.2, -0.15) is 0 Å². The van der Waals surface area contributed by atoms with Gasteiger partial charge in [-0.25, -0.2) is 4.98 Å². The van der Waals surface area contributed by atoms with Crippen molar-refractivity contribution in [2.45, 2.75) is 44.9 Å². The molecule has 1 fully saturated rings. The van der Waals surface area contributed by atoms with Crippen LogP contribution in [-0.4, -0.2) is 65.6 Å². The quantitative estimate of drug-likeness (QED) is 0.579. The Kier molecular flexibility index (Phi) is 8.69. The average Bonchev–Trinajstić information content (AvgIpc) is 3.14. The first-order valence-electron chi connectivity index (χ1n) is 11.0. The van der Waals surface area contributed by atoms with E-state index in [4.69, 9.17) is 13.9 Å². The van der Waals surface area contributed by atoms with E-state index in [9.17, 15) is 9.00 Å². The number of oxazole rings is 1. The Hall–Kier alpha value is -2.39. The molecule has 1 saturated heterocycles. The molecule has 1 N–H and O–H groups in total. The lowest BCUT2D eigenvalue weighted by Crippen LogP contribution is -2.43. The number of hydrogen-bond donors (Lipinski definition) is 1. The van der Waals surface area contributed by atoms with Gasteiger partial charge in [-0.3, -0.25) is 13.9 Å². The highest BCUT2D eigenvalue weighted by Gasteiger charge is 2.19. The fourth-order valence-electron chi connectivity index (χ4n) is 3.88. The van der Waals surface area contributed by atoms with Gasteiger partial charge in [0.05, 0.1) is 25.7 Å². The van der Waals surface area contributed by atoms with Crippen molar-refractivity contribution in [3.05, 3.63) is 29.7 Å². The van der Waals surface area contributed by atoms with E-state index in [-0.39, 0.29) is 17.4 Å². The van der Waals surface area contributed by atoms with E-state index in [1.54, 1.807) is 33.3 Å². The molecule has 1 aliphatic heterocycles. The highest BCUT2D eigenvalue weighted by molar-refractivity contribution is 7.84. The number of likely N-dealkylation sites (tertiary alicyclic amines) is 1. The molecule has 1 aromatic heterocycles. The van der Waals surface area contributed by atoms with Crippen molar-refractivity contribution in [1.29, 1.82) is 0 Å². The molecular weight excluding hydrogens is 430 g/mol. The molecule has 0 bridgehead atoms. The Bertz CT molecular complexity index is 946. The Labute approximate surface area is 192 Å². The lowest BCUT2D eigenvalue weighted by molar-refractivity contribution is -0.118. The first-order valence-corrected chi connectivity index (χ1v) is 12.4. The minimum absolute atomic E-state index is 0.0481. The number of carbonyl (C=O) groups excluding carboxylic acids is 1. The second-order valence-electron chi connectivity index (χ2n) is 8.05. The third-order valence-corrected chi connectivity index (χ3v) is 6.95. The van der Waals surface area contributed by atoms with Crippen molar-refractivity contribution in [2.75, 3.05) is 39.6 Å². The topological polar surface area (TPSA) is 93.9 Å². The van der Waals surface area contributed by atoms with E-state index in [2.05, 4.69) is 22.1 Å². The van der Waals surface area contributed by atoms with Gasteiger partial charge in [0.15, 0.2) is 11.5 Å². The smallest absolute Gasteiger partial charge is 0.232 e. The SMILES string of the molecule is COc1ccc(-c2nc(C[S@@](=O)CC(=O)NCCN3CCCC[C@@H]3C)c(C)o2)cc1OC. The minimum atomic E-state index is -1.37. The minimum Gasteiger partial charge on any atom is -0.493 e. The fourth-order valence-corrected chi connectivity index (χ4v) is 4.95. The number of nitrogens with one attached hydrogen (secondary N) is 1. The maximum Gasteiger partial charge on any atom is 0.232 e. The van der Waals surface area contributed by atoms with Crippen molar-refractivity contribution in [1.82, 2.24) is 15.2 Å². The summed E-state index contributed by atoms with van der Waals surface area (Å²) >= 11 is 0. The third-order valence-electron chi connectivity index (χ3n) is 5.77. The van der Waals surface area contributed by atoms with Crippen molar-refractivity contribution >= 4 is 16.7 Å². The summed E-state index contributed by atoms with van der Waals surface area (Å²) in [5.74, 6) is 2.10. The van der Waals surface area contributed by atoms with Gasteiger partial charge in [0.25, 0.3) is 0 Å². The molecule has 1 aliphatic rings. The Morgan fingerprint density at radius 3 is 2.78 bits per heavy atom. The number of methoxy groups -OCH3 is 2. The number of aromatic nitrogens is 1. The van der Waals surface area contributed by atoms with Gasteiger partial charge in [0, 0.05) is 35.5 Å². The van der Waals surface area contributed by atoms with Gasteiger partial charge in [-0.05, 0) is 51.4 Å². The second kappa shape index (κ2) is 11.5. The molecule has 1 aromatic carbocycles. The van der Waals surface area contributed by atoms with Gasteiger partial charge < -0.3 is 19.2 Å². The summed E-state index contributed by atoms with van der Waals surface area (Å²) in [5, 5.41) is 2.89. The summed E-state index contributed by atoms with van der Waals surface area (Å²) < 4.78 is 28.9. The van der Waals surface area contributed by atoms with Gasteiger partial charge in [0.2, 0.25) is 11.8 Å². The Morgan fingerprint density at radius 1 is 1.28 bits per heavy atom. The highest BCUT2D eigenvalue weighted by atomic mass is 32.2. The van der Waals surface area contributed by atoms with Crippen molar-refractivity contribution in [2.24, 2.45) is 0 Å². The molecule has 0 aliphatic carbocycles. The number of rotatable bonds is 10. The molecule has 32 heavy (non-hydrogen) atoms. The standard InChI is InChI=1S/C23H33N3O5S/c1-16-7-5-6-11-26(16)12-10-24-22(27)15-32(28)14-19-17(2)31-23(25-19)18-8-9-20(29-3)21(13-18)30-4/h8-9,13,16H,5-7,10-12,14-15H2,1-4H3,(H,24,27)/t16-,32+/m0/s1. The normalized spacial score (nSPS) is 17.7. The highest BCUT2D eigenvalue weighted by Crippen LogP contribution is 2.32. The van der Waals surface area contributed by atoms with E-state index in [1.165, 1.54) is 19.3 Å². The fraction of sp³-hybridized carbons (Fsp3) is 0.565. The summed E-state index contributed by atoms with van der Waals surface area (Å²) in [6.45, 7) is 6.50. The predicted molar refractivity (Wildman–Crippen MR) is 124 cm³/mol. The number of carbonyl (C=O) groups is 1.